The van der Waals surface area contributed by atoms with Crippen molar-refractivity contribution in [3.63, 3.8) is 0 Å². The van der Waals surface area contributed by atoms with Crippen LogP contribution in [0.2, 0.25) is 0 Å². The molecule has 1 heterocycles. The fourth-order valence-electron chi connectivity index (χ4n) is 3.95. The zero-order valence-electron chi connectivity index (χ0n) is 13.9. The molecular weight excluding hydrogens is 246 g/mol. The van der Waals surface area contributed by atoms with Crippen LogP contribution in [0.25, 0.3) is 0 Å². The molecule has 1 saturated heterocycles. The zero-order valence-corrected chi connectivity index (χ0v) is 13.9. The average Bonchev–Trinajstić information content (AvgIpc) is 2.92. The molecule has 20 heavy (non-hydrogen) atoms. The second-order valence-electron chi connectivity index (χ2n) is 6.78. The first-order chi connectivity index (χ1) is 9.74. The summed E-state index contributed by atoms with van der Waals surface area (Å²) in [6.07, 6.45) is 6.97. The van der Waals surface area contributed by atoms with Crippen LogP contribution in [-0.2, 0) is 0 Å². The van der Waals surface area contributed by atoms with E-state index in [-0.39, 0.29) is 0 Å². The molecule has 0 spiro atoms. The fraction of sp³-hybridized carbons (Fsp3) is 1.00. The van der Waals surface area contributed by atoms with E-state index in [1.807, 2.05) is 0 Å². The molecule has 2 rings (SSSR count). The molecule has 2 fully saturated rings. The highest BCUT2D eigenvalue weighted by Gasteiger charge is 2.27. The lowest BCUT2D eigenvalue weighted by atomic mass is 9.99. The van der Waals surface area contributed by atoms with Gasteiger partial charge in [0.15, 0.2) is 0 Å². The molecular formula is C17H35N3. The highest BCUT2D eigenvalue weighted by atomic mass is 15.3. The molecule has 1 saturated carbocycles. The van der Waals surface area contributed by atoms with Gasteiger partial charge in [-0.2, -0.15) is 0 Å². The molecule has 0 aromatic heterocycles. The molecule has 2 aliphatic rings. The average molecular weight is 281 g/mol. The summed E-state index contributed by atoms with van der Waals surface area (Å²) in [6.45, 7) is 14.5. The lowest BCUT2D eigenvalue weighted by Crippen LogP contribution is -2.49. The predicted molar refractivity (Wildman–Crippen MR) is 87.2 cm³/mol. The van der Waals surface area contributed by atoms with Gasteiger partial charge in [-0.05, 0) is 51.6 Å². The molecule has 3 unspecified atom stereocenters. The largest absolute Gasteiger partial charge is 0.314 e. The number of hydrogen-bond acceptors (Lipinski definition) is 3. The maximum atomic E-state index is 3.69. The first-order valence-electron chi connectivity index (χ1n) is 8.94. The highest BCUT2D eigenvalue weighted by molar-refractivity contribution is 4.84. The van der Waals surface area contributed by atoms with E-state index in [4.69, 9.17) is 0 Å². The summed E-state index contributed by atoms with van der Waals surface area (Å²) in [5.74, 6) is 0.933. The van der Waals surface area contributed by atoms with Crippen molar-refractivity contribution in [2.45, 2.75) is 65.0 Å². The summed E-state index contributed by atoms with van der Waals surface area (Å²) in [7, 11) is 0. The fourth-order valence-corrected chi connectivity index (χ4v) is 3.95. The standard InChI is InChI=1S/C17H35N3/c1-4-15(3)20-13-11-19(12-14-20)10-9-16-7-6-8-17(16)18-5-2/h15-18H,4-14H2,1-3H3. The van der Waals surface area contributed by atoms with Gasteiger partial charge >= 0.3 is 0 Å². The van der Waals surface area contributed by atoms with Crippen LogP contribution in [0.3, 0.4) is 0 Å². The van der Waals surface area contributed by atoms with E-state index < -0.39 is 0 Å². The molecule has 0 amide bonds. The molecule has 1 aliphatic carbocycles. The van der Waals surface area contributed by atoms with Gasteiger partial charge < -0.3 is 10.2 Å². The number of nitrogens with zero attached hydrogens (tertiary/aromatic N) is 2. The lowest BCUT2D eigenvalue weighted by Gasteiger charge is -2.38. The van der Waals surface area contributed by atoms with Crippen molar-refractivity contribution >= 4 is 0 Å². The Morgan fingerprint density at radius 1 is 1.10 bits per heavy atom. The van der Waals surface area contributed by atoms with E-state index in [2.05, 4.69) is 35.9 Å². The monoisotopic (exact) mass is 281 g/mol. The SMILES string of the molecule is CCNC1CCCC1CCN1CCN(C(C)CC)CC1. The van der Waals surface area contributed by atoms with Crippen LogP contribution in [0.1, 0.15) is 52.9 Å². The van der Waals surface area contributed by atoms with Crippen LogP contribution in [0.15, 0.2) is 0 Å². The molecule has 3 heteroatoms. The minimum absolute atomic E-state index is 0.769. The van der Waals surface area contributed by atoms with Gasteiger partial charge in [0.25, 0.3) is 0 Å². The Morgan fingerprint density at radius 3 is 2.50 bits per heavy atom. The summed E-state index contributed by atoms with van der Waals surface area (Å²) in [5, 5.41) is 3.69. The van der Waals surface area contributed by atoms with E-state index >= 15 is 0 Å². The molecule has 1 N–H and O–H groups in total. The van der Waals surface area contributed by atoms with Crippen molar-refractivity contribution in [1.82, 2.24) is 15.1 Å². The molecule has 1 aliphatic heterocycles. The van der Waals surface area contributed by atoms with Gasteiger partial charge in [0.1, 0.15) is 0 Å². The topological polar surface area (TPSA) is 18.5 Å². The van der Waals surface area contributed by atoms with Crippen molar-refractivity contribution in [1.29, 1.82) is 0 Å². The minimum atomic E-state index is 0.769. The second kappa shape index (κ2) is 8.35. The number of piperazine rings is 1. The Hall–Kier alpha value is -0.120. The predicted octanol–water partition coefficient (Wildman–Crippen LogP) is 2.57. The first kappa shape index (κ1) is 16.3. The van der Waals surface area contributed by atoms with Gasteiger partial charge in [-0.25, -0.2) is 0 Å². The first-order valence-corrected chi connectivity index (χ1v) is 8.94. The molecule has 0 radical (unpaired) electrons. The van der Waals surface area contributed by atoms with Crippen LogP contribution in [0.5, 0.6) is 0 Å². The highest BCUT2D eigenvalue weighted by Crippen LogP contribution is 2.28. The minimum Gasteiger partial charge on any atom is -0.314 e. The van der Waals surface area contributed by atoms with Crippen molar-refractivity contribution in [3.8, 4) is 0 Å². The Morgan fingerprint density at radius 2 is 1.85 bits per heavy atom. The van der Waals surface area contributed by atoms with E-state index in [9.17, 15) is 0 Å². The maximum absolute atomic E-state index is 3.69. The normalized spacial score (nSPS) is 30.8. The van der Waals surface area contributed by atoms with Gasteiger partial charge in [0.05, 0.1) is 0 Å². The molecule has 3 nitrogen and oxygen atoms in total. The third-order valence-corrected chi connectivity index (χ3v) is 5.56. The van der Waals surface area contributed by atoms with E-state index in [0.29, 0.717) is 0 Å². The van der Waals surface area contributed by atoms with Gasteiger partial charge in [-0.1, -0.05) is 20.3 Å². The third kappa shape index (κ3) is 4.44. The van der Waals surface area contributed by atoms with Crippen molar-refractivity contribution in [2.24, 2.45) is 5.92 Å². The van der Waals surface area contributed by atoms with Crippen LogP contribution < -0.4 is 5.32 Å². The number of hydrogen-bond donors (Lipinski definition) is 1. The van der Waals surface area contributed by atoms with Crippen LogP contribution in [0, 0.1) is 5.92 Å². The molecule has 3 atom stereocenters. The lowest BCUT2D eigenvalue weighted by molar-refractivity contribution is 0.0958. The van der Waals surface area contributed by atoms with E-state index in [0.717, 1.165) is 24.5 Å². The summed E-state index contributed by atoms with van der Waals surface area (Å²) in [6, 6.07) is 1.58. The van der Waals surface area contributed by atoms with Crippen molar-refractivity contribution in [2.75, 3.05) is 39.3 Å². The van der Waals surface area contributed by atoms with E-state index in [1.165, 1.54) is 64.8 Å². The Bertz CT molecular complexity index is 261. The number of rotatable bonds is 7. The summed E-state index contributed by atoms with van der Waals surface area (Å²) >= 11 is 0. The third-order valence-electron chi connectivity index (χ3n) is 5.56. The van der Waals surface area contributed by atoms with Gasteiger partial charge in [0.2, 0.25) is 0 Å². The van der Waals surface area contributed by atoms with E-state index in [1.54, 1.807) is 0 Å². The summed E-state index contributed by atoms with van der Waals surface area (Å²) in [5.41, 5.74) is 0. The smallest absolute Gasteiger partial charge is 0.0113 e. The Kier molecular flexibility index (Phi) is 6.79. The van der Waals surface area contributed by atoms with Gasteiger partial charge in [0, 0.05) is 38.3 Å². The van der Waals surface area contributed by atoms with Crippen molar-refractivity contribution in [3.05, 3.63) is 0 Å². The van der Waals surface area contributed by atoms with Gasteiger partial charge in [-0.15, -0.1) is 0 Å². The van der Waals surface area contributed by atoms with Crippen molar-refractivity contribution < 1.29 is 0 Å². The van der Waals surface area contributed by atoms with Crippen LogP contribution in [-0.4, -0.2) is 61.2 Å². The van der Waals surface area contributed by atoms with Gasteiger partial charge in [-0.3, -0.25) is 4.90 Å². The quantitative estimate of drug-likeness (QED) is 0.774. The zero-order chi connectivity index (χ0) is 14.4. The molecule has 0 bridgehead atoms. The Labute approximate surface area is 126 Å². The Balaban J connectivity index is 1.66. The van der Waals surface area contributed by atoms with Crippen LogP contribution >= 0.6 is 0 Å². The maximum Gasteiger partial charge on any atom is 0.0113 e. The summed E-state index contributed by atoms with van der Waals surface area (Å²) < 4.78 is 0. The van der Waals surface area contributed by atoms with Crippen LogP contribution in [0.4, 0.5) is 0 Å². The molecule has 0 aromatic rings. The number of nitrogens with one attached hydrogen (secondary N) is 1. The molecule has 0 aromatic carbocycles. The second-order valence-corrected chi connectivity index (χ2v) is 6.78. The summed E-state index contributed by atoms with van der Waals surface area (Å²) in [4.78, 5) is 5.35. The molecule has 118 valence electrons.